The monoisotopic (exact) mass is 265 g/mol. The molecular weight excluding hydrogens is 253 g/mol. The summed E-state index contributed by atoms with van der Waals surface area (Å²) in [5.74, 6) is 0.0144. The number of hydrogen-bond acceptors (Lipinski definition) is 4. The van der Waals surface area contributed by atoms with Crippen LogP contribution in [0.1, 0.15) is 11.1 Å². The molecule has 0 saturated heterocycles. The molecule has 0 saturated carbocycles. The van der Waals surface area contributed by atoms with Crippen molar-refractivity contribution in [1.82, 2.24) is 14.8 Å². The number of thioether (sulfide) groups is 1. The van der Waals surface area contributed by atoms with Gasteiger partial charge in [-0.15, -0.1) is 0 Å². The maximum Gasteiger partial charge on any atom is 0.186 e. The minimum atomic E-state index is -0.392. The lowest BCUT2D eigenvalue weighted by Crippen LogP contribution is -2.11. The van der Waals surface area contributed by atoms with Gasteiger partial charge in [-0.05, 0) is 23.8 Å². The zero-order valence-corrected chi connectivity index (χ0v) is 10.5. The highest BCUT2D eigenvalue weighted by molar-refractivity contribution is 7.98. The van der Waals surface area contributed by atoms with E-state index in [0.29, 0.717) is 11.3 Å². The first-order valence-electron chi connectivity index (χ1n) is 5.17. The van der Waals surface area contributed by atoms with Crippen LogP contribution in [0.3, 0.4) is 0 Å². The molecule has 2 aromatic rings. The molecule has 1 aromatic heterocycles. The van der Waals surface area contributed by atoms with Gasteiger partial charge < -0.3 is 5.73 Å². The van der Waals surface area contributed by atoms with Crippen LogP contribution < -0.4 is 5.73 Å². The molecule has 2 rings (SSSR count). The molecule has 0 aliphatic rings. The third-order valence-electron chi connectivity index (χ3n) is 2.31. The van der Waals surface area contributed by atoms with Crippen molar-refractivity contribution in [3.63, 3.8) is 0 Å². The summed E-state index contributed by atoms with van der Waals surface area (Å²) in [4.78, 5) is 4.06. The van der Waals surface area contributed by atoms with Gasteiger partial charge in [0.15, 0.2) is 5.16 Å². The molecule has 0 aliphatic heterocycles. The van der Waals surface area contributed by atoms with Crippen LogP contribution in [0.4, 0.5) is 4.39 Å². The predicted octanol–water partition coefficient (Wildman–Crippen LogP) is 1.53. The highest BCUT2D eigenvalue weighted by Crippen LogP contribution is 2.21. The SMILES string of the molecule is Cn1ncnc1SCc1cc(F)cc(C(=N)N)c1. The van der Waals surface area contributed by atoms with Crippen molar-refractivity contribution in [2.75, 3.05) is 0 Å². The van der Waals surface area contributed by atoms with E-state index in [2.05, 4.69) is 10.1 Å². The average molecular weight is 265 g/mol. The zero-order valence-electron chi connectivity index (χ0n) is 9.72. The number of nitrogens with one attached hydrogen (secondary N) is 1. The summed E-state index contributed by atoms with van der Waals surface area (Å²) in [5.41, 5.74) is 6.50. The van der Waals surface area contributed by atoms with E-state index in [1.807, 2.05) is 0 Å². The van der Waals surface area contributed by atoms with E-state index >= 15 is 0 Å². The van der Waals surface area contributed by atoms with Gasteiger partial charge in [0.25, 0.3) is 0 Å². The first-order chi connectivity index (χ1) is 8.56. The number of nitrogen functional groups attached to an aromatic ring is 1. The minimum absolute atomic E-state index is 0.139. The molecule has 7 heteroatoms. The van der Waals surface area contributed by atoms with Crippen molar-refractivity contribution in [2.24, 2.45) is 12.8 Å². The van der Waals surface area contributed by atoms with Gasteiger partial charge in [0, 0.05) is 18.4 Å². The molecule has 1 aromatic carbocycles. The van der Waals surface area contributed by atoms with E-state index in [1.165, 1.54) is 30.2 Å². The number of nitrogens with two attached hydrogens (primary N) is 1. The molecule has 0 atom stereocenters. The zero-order chi connectivity index (χ0) is 13.1. The molecule has 94 valence electrons. The summed E-state index contributed by atoms with van der Waals surface area (Å²) >= 11 is 1.45. The molecule has 18 heavy (non-hydrogen) atoms. The Labute approximate surface area is 108 Å². The van der Waals surface area contributed by atoms with Crippen molar-refractivity contribution in [3.05, 3.63) is 41.5 Å². The first kappa shape index (κ1) is 12.6. The summed E-state index contributed by atoms with van der Waals surface area (Å²) in [6, 6.07) is 4.38. The lowest BCUT2D eigenvalue weighted by Gasteiger charge is -2.04. The van der Waals surface area contributed by atoms with Crippen LogP contribution in [0.5, 0.6) is 0 Å². The molecule has 0 radical (unpaired) electrons. The lowest BCUT2D eigenvalue weighted by atomic mass is 10.1. The molecule has 0 bridgehead atoms. The Hall–Kier alpha value is -1.89. The number of nitrogens with zero attached hydrogens (tertiary/aromatic N) is 3. The standard InChI is InChI=1S/C11H12FN5S/c1-17-11(15-6-16-17)18-5-7-2-8(10(13)14)4-9(12)3-7/h2-4,6H,5H2,1H3,(H3,13,14). The van der Waals surface area contributed by atoms with Crippen molar-refractivity contribution < 1.29 is 4.39 Å². The number of aryl methyl sites for hydroxylation is 1. The van der Waals surface area contributed by atoms with Gasteiger partial charge in [-0.2, -0.15) is 5.10 Å². The maximum absolute atomic E-state index is 13.3. The molecule has 0 unspecified atom stereocenters. The second-order valence-electron chi connectivity index (χ2n) is 3.72. The quantitative estimate of drug-likeness (QED) is 0.499. The summed E-state index contributed by atoms with van der Waals surface area (Å²) in [6.45, 7) is 0. The van der Waals surface area contributed by atoms with E-state index in [0.717, 1.165) is 10.7 Å². The van der Waals surface area contributed by atoms with Gasteiger partial charge in [-0.25, -0.2) is 14.1 Å². The molecule has 0 spiro atoms. The normalized spacial score (nSPS) is 10.6. The Bertz CT molecular complexity index is 581. The van der Waals surface area contributed by atoms with Crippen LogP contribution in [0.15, 0.2) is 29.7 Å². The number of halogens is 1. The molecule has 0 aliphatic carbocycles. The number of aromatic nitrogens is 3. The number of hydrogen-bond donors (Lipinski definition) is 2. The molecule has 1 heterocycles. The Morgan fingerprint density at radius 3 is 2.89 bits per heavy atom. The third-order valence-corrected chi connectivity index (χ3v) is 3.41. The van der Waals surface area contributed by atoms with Gasteiger partial charge in [0.2, 0.25) is 0 Å². The fraction of sp³-hybridized carbons (Fsp3) is 0.182. The summed E-state index contributed by atoms with van der Waals surface area (Å²) in [6.07, 6.45) is 1.47. The van der Waals surface area contributed by atoms with E-state index in [9.17, 15) is 4.39 Å². The first-order valence-corrected chi connectivity index (χ1v) is 6.15. The van der Waals surface area contributed by atoms with E-state index in [1.54, 1.807) is 17.8 Å². The van der Waals surface area contributed by atoms with Crippen LogP contribution in [0.25, 0.3) is 0 Å². The highest BCUT2D eigenvalue weighted by Gasteiger charge is 2.06. The Morgan fingerprint density at radius 2 is 2.28 bits per heavy atom. The topological polar surface area (TPSA) is 80.6 Å². The fourth-order valence-corrected chi connectivity index (χ4v) is 2.27. The Morgan fingerprint density at radius 1 is 1.50 bits per heavy atom. The molecule has 0 amide bonds. The van der Waals surface area contributed by atoms with Crippen molar-refractivity contribution in [3.8, 4) is 0 Å². The van der Waals surface area contributed by atoms with Crippen molar-refractivity contribution in [1.29, 1.82) is 5.41 Å². The van der Waals surface area contributed by atoms with Gasteiger partial charge in [0.1, 0.15) is 18.0 Å². The van der Waals surface area contributed by atoms with Gasteiger partial charge >= 0.3 is 0 Å². The van der Waals surface area contributed by atoms with Crippen LogP contribution >= 0.6 is 11.8 Å². The largest absolute Gasteiger partial charge is 0.384 e. The number of amidine groups is 1. The van der Waals surface area contributed by atoms with E-state index in [-0.39, 0.29) is 5.84 Å². The number of benzene rings is 1. The van der Waals surface area contributed by atoms with Gasteiger partial charge in [-0.1, -0.05) is 11.8 Å². The van der Waals surface area contributed by atoms with Crippen LogP contribution in [0.2, 0.25) is 0 Å². The second-order valence-corrected chi connectivity index (χ2v) is 4.66. The minimum Gasteiger partial charge on any atom is -0.384 e. The molecule has 3 N–H and O–H groups in total. The van der Waals surface area contributed by atoms with Crippen LogP contribution in [-0.4, -0.2) is 20.6 Å². The third kappa shape index (κ3) is 2.86. The fourth-order valence-electron chi connectivity index (χ4n) is 1.45. The van der Waals surface area contributed by atoms with Crippen molar-refractivity contribution >= 4 is 17.6 Å². The lowest BCUT2D eigenvalue weighted by molar-refractivity contribution is 0.626. The van der Waals surface area contributed by atoms with E-state index < -0.39 is 5.82 Å². The summed E-state index contributed by atoms with van der Waals surface area (Å²) in [7, 11) is 1.79. The van der Waals surface area contributed by atoms with E-state index in [4.69, 9.17) is 11.1 Å². The predicted molar refractivity (Wildman–Crippen MR) is 68.0 cm³/mol. The number of rotatable bonds is 4. The van der Waals surface area contributed by atoms with Gasteiger partial charge in [0.05, 0.1) is 0 Å². The van der Waals surface area contributed by atoms with Crippen LogP contribution in [-0.2, 0) is 12.8 Å². The average Bonchev–Trinajstić information content (AvgIpc) is 2.71. The second kappa shape index (κ2) is 5.18. The van der Waals surface area contributed by atoms with Crippen LogP contribution in [0, 0.1) is 11.2 Å². The summed E-state index contributed by atoms with van der Waals surface area (Å²) in [5, 5.41) is 12.0. The Kier molecular flexibility index (Phi) is 3.61. The molecule has 0 fully saturated rings. The molecule has 5 nitrogen and oxygen atoms in total. The molecular formula is C11H12FN5S. The summed E-state index contributed by atoms with van der Waals surface area (Å²) < 4.78 is 15.0. The van der Waals surface area contributed by atoms with Crippen molar-refractivity contribution in [2.45, 2.75) is 10.9 Å². The highest BCUT2D eigenvalue weighted by atomic mass is 32.2. The van der Waals surface area contributed by atoms with Gasteiger partial charge in [-0.3, -0.25) is 5.41 Å². The maximum atomic E-state index is 13.3. The smallest absolute Gasteiger partial charge is 0.186 e. The Balaban J connectivity index is 2.14.